The van der Waals surface area contributed by atoms with E-state index in [-0.39, 0.29) is 12.3 Å². The Bertz CT molecular complexity index is 1070. The van der Waals surface area contributed by atoms with Gasteiger partial charge in [-0.05, 0) is 42.5 Å². The van der Waals surface area contributed by atoms with Crippen molar-refractivity contribution < 1.29 is 9.32 Å². The van der Waals surface area contributed by atoms with Crippen molar-refractivity contribution in [2.75, 3.05) is 5.32 Å². The van der Waals surface area contributed by atoms with Crippen LogP contribution in [0, 0.1) is 13.8 Å². The van der Waals surface area contributed by atoms with Gasteiger partial charge in [-0.1, -0.05) is 28.6 Å². The minimum atomic E-state index is -0.116. The van der Waals surface area contributed by atoms with Gasteiger partial charge in [0.25, 0.3) is 0 Å². The summed E-state index contributed by atoms with van der Waals surface area (Å²) < 4.78 is 6.30. The molecule has 4 aromatic rings. The molecule has 8 heteroatoms. The molecule has 0 aliphatic heterocycles. The van der Waals surface area contributed by atoms with Gasteiger partial charge < -0.3 is 9.84 Å². The first-order valence-electron chi connectivity index (χ1n) is 8.12. The molecule has 0 bridgehead atoms. The van der Waals surface area contributed by atoms with E-state index in [0.717, 1.165) is 20.7 Å². The number of aryl methyl sites for hydroxylation is 3. The lowest BCUT2D eigenvalue weighted by atomic mass is 10.1. The van der Waals surface area contributed by atoms with Crippen LogP contribution in [-0.2, 0) is 11.2 Å². The minimum absolute atomic E-state index is 0.116. The largest absolute Gasteiger partial charge is 0.339 e. The van der Waals surface area contributed by atoms with Gasteiger partial charge in [-0.15, -0.1) is 11.3 Å². The van der Waals surface area contributed by atoms with Crippen LogP contribution < -0.4 is 5.32 Å². The lowest BCUT2D eigenvalue weighted by Crippen LogP contribution is -2.12. The summed E-state index contributed by atoms with van der Waals surface area (Å²) in [5.41, 5.74) is 3.24. The third-order valence-electron chi connectivity index (χ3n) is 3.85. The van der Waals surface area contributed by atoms with Gasteiger partial charge in [0.2, 0.25) is 17.6 Å². The molecule has 0 radical (unpaired) electrons. The average Bonchev–Trinajstić information content (AvgIpc) is 3.32. The molecule has 6 nitrogen and oxygen atoms in total. The molecular weight excluding hydrogens is 368 g/mol. The summed E-state index contributed by atoms with van der Waals surface area (Å²) in [6.07, 6.45) is 0.660. The van der Waals surface area contributed by atoms with E-state index in [1.165, 1.54) is 16.9 Å². The lowest BCUT2D eigenvalue weighted by Gasteiger charge is -1.98. The van der Waals surface area contributed by atoms with Crippen LogP contribution in [0.3, 0.4) is 0 Å². The summed E-state index contributed by atoms with van der Waals surface area (Å²) >= 11 is 3.03. The predicted octanol–water partition coefficient (Wildman–Crippen LogP) is 4.60. The number of hydrogen-bond donors (Lipinski definition) is 1. The number of carbonyl (C=O) groups excluding carboxylic acids is 1. The number of thiophene rings is 1. The number of rotatable bonds is 5. The summed E-state index contributed by atoms with van der Waals surface area (Å²) in [4.78, 5) is 22.0. The minimum Gasteiger partial charge on any atom is -0.339 e. The Morgan fingerprint density at radius 2 is 2.15 bits per heavy atom. The van der Waals surface area contributed by atoms with E-state index in [2.05, 4.69) is 39.5 Å². The monoisotopic (exact) mass is 384 g/mol. The van der Waals surface area contributed by atoms with Crippen molar-refractivity contribution in [3.8, 4) is 10.7 Å². The van der Waals surface area contributed by atoms with Crippen LogP contribution in [0.4, 0.5) is 5.13 Å². The van der Waals surface area contributed by atoms with Crippen LogP contribution in [0.2, 0.25) is 0 Å². The maximum Gasteiger partial charge on any atom is 0.227 e. The second-order valence-electron chi connectivity index (χ2n) is 5.98. The highest BCUT2D eigenvalue weighted by Gasteiger charge is 2.13. The predicted molar refractivity (Wildman–Crippen MR) is 104 cm³/mol. The zero-order valence-corrected chi connectivity index (χ0v) is 15.9. The fourth-order valence-electron chi connectivity index (χ4n) is 2.69. The Morgan fingerprint density at radius 1 is 1.27 bits per heavy atom. The van der Waals surface area contributed by atoms with Crippen molar-refractivity contribution in [2.24, 2.45) is 0 Å². The summed E-state index contributed by atoms with van der Waals surface area (Å²) in [6.45, 7) is 4.08. The molecule has 3 heterocycles. The summed E-state index contributed by atoms with van der Waals surface area (Å²) in [6, 6.07) is 8.04. The quantitative estimate of drug-likeness (QED) is 0.544. The molecule has 26 heavy (non-hydrogen) atoms. The van der Waals surface area contributed by atoms with Gasteiger partial charge in [0.1, 0.15) is 0 Å². The van der Waals surface area contributed by atoms with E-state index in [9.17, 15) is 4.79 Å². The van der Waals surface area contributed by atoms with Crippen LogP contribution in [0.15, 0.2) is 34.2 Å². The van der Waals surface area contributed by atoms with Crippen molar-refractivity contribution in [3.05, 3.63) is 46.7 Å². The van der Waals surface area contributed by atoms with E-state index in [1.807, 2.05) is 24.4 Å². The average molecular weight is 384 g/mol. The molecule has 1 aromatic carbocycles. The number of nitrogens with zero attached hydrogens (tertiary/aromatic N) is 3. The zero-order chi connectivity index (χ0) is 18.1. The molecule has 0 aliphatic rings. The molecule has 0 saturated carbocycles. The molecule has 0 unspecified atom stereocenters. The number of fused-ring (bicyclic) bond motifs is 1. The number of benzene rings is 1. The number of anilines is 1. The standard InChI is InChI=1S/C18H16N4O2S2/c1-10-8-11(2)16-13(9-10)26-18(21-16)19-14(23)5-6-15-20-17(22-24-15)12-4-3-7-25-12/h3-4,7-9H,5-6H2,1-2H3,(H,19,21,23). The van der Waals surface area contributed by atoms with E-state index in [4.69, 9.17) is 4.52 Å². The fraction of sp³-hybridized carbons (Fsp3) is 0.222. The fourth-order valence-corrected chi connectivity index (χ4v) is 4.40. The molecule has 132 valence electrons. The highest BCUT2D eigenvalue weighted by molar-refractivity contribution is 7.22. The highest BCUT2D eigenvalue weighted by Crippen LogP contribution is 2.29. The third-order valence-corrected chi connectivity index (χ3v) is 5.64. The van der Waals surface area contributed by atoms with Gasteiger partial charge in [-0.2, -0.15) is 4.98 Å². The van der Waals surface area contributed by atoms with Gasteiger partial charge in [0, 0.05) is 12.8 Å². The number of carbonyl (C=O) groups is 1. The first-order valence-corrected chi connectivity index (χ1v) is 9.82. The summed E-state index contributed by atoms with van der Waals surface area (Å²) in [7, 11) is 0. The van der Waals surface area contributed by atoms with E-state index >= 15 is 0 Å². The SMILES string of the molecule is Cc1cc(C)c2nc(NC(=O)CCc3nc(-c4cccs4)no3)sc2c1. The third kappa shape index (κ3) is 3.51. The Labute approximate surface area is 157 Å². The van der Waals surface area contributed by atoms with Gasteiger partial charge in [-0.3, -0.25) is 4.79 Å². The van der Waals surface area contributed by atoms with Crippen molar-refractivity contribution in [3.63, 3.8) is 0 Å². The van der Waals surface area contributed by atoms with Crippen LogP contribution in [0.1, 0.15) is 23.4 Å². The second-order valence-corrected chi connectivity index (χ2v) is 7.96. The van der Waals surface area contributed by atoms with Crippen LogP contribution in [0.5, 0.6) is 0 Å². The van der Waals surface area contributed by atoms with Crippen LogP contribution in [0.25, 0.3) is 20.9 Å². The Kier molecular flexibility index (Phi) is 4.52. The van der Waals surface area contributed by atoms with Gasteiger partial charge in [0.15, 0.2) is 5.13 Å². The van der Waals surface area contributed by atoms with Crippen molar-refractivity contribution in [1.82, 2.24) is 15.1 Å². The van der Waals surface area contributed by atoms with Crippen molar-refractivity contribution in [1.29, 1.82) is 0 Å². The second kappa shape index (κ2) is 6.97. The Hall–Kier alpha value is -2.58. The number of nitrogens with one attached hydrogen (secondary N) is 1. The zero-order valence-electron chi connectivity index (χ0n) is 14.3. The topological polar surface area (TPSA) is 80.9 Å². The molecular formula is C18H16N4O2S2. The Morgan fingerprint density at radius 3 is 2.96 bits per heavy atom. The highest BCUT2D eigenvalue weighted by atomic mass is 32.1. The molecule has 0 spiro atoms. The molecule has 4 rings (SSSR count). The van der Waals surface area contributed by atoms with Gasteiger partial charge >= 0.3 is 0 Å². The molecule has 1 amide bonds. The summed E-state index contributed by atoms with van der Waals surface area (Å²) in [5, 5.41) is 9.39. The molecule has 0 saturated heterocycles. The molecule has 1 N–H and O–H groups in total. The maximum atomic E-state index is 12.2. The maximum absolute atomic E-state index is 12.2. The van der Waals surface area contributed by atoms with Gasteiger partial charge in [-0.25, -0.2) is 4.98 Å². The first kappa shape index (κ1) is 16.9. The molecule has 0 atom stereocenters. The van der Waals surface area contributed by atoms with Crippen molar-refractivity contribution >= 4 is 43.9 Å². The molecule has 0 aliphatic carbocycles. The Balaban J connectivity index is 1.39. The van der Waals surface area contributed by atoms with E-state index < -0.39 is 0 Å². The lowest BCUT2D eigenvalue weighted by molar-refractivity contribution is -0.116. The smallest absolute Gasteiger partial charge is 0.227 e. The van der Waals surface area contributed by atoms with Crippen LogP contribution in [-0.4, -0.2) is 21.0 Å². The van der Waals surface area contributed by atoms with E-state index in [1.54, 1.807) is 11.3 Å². The summed E-state index contributed by atoms with van der Waals surface area (Å²) in [5.74, 6) is 0.904. The molecule has 3 aromatic heterocycles. The number of aromatic nitrogens is 3. The number of hydrogen-bond acceptors (Lipinski definition) is 7. The van der Waals surface area contributed by atoms with Crippen LogP contribution >= 0.6 is 22.7 Å². The van der Waals surface area contributed by atoms with E-state index in [0.29, 0.717) is 23.3 Å². The number of thiazole rings is 1. The van der Waals surface area contributed by atoms with Gasteiger partial charge in [0.05, 0.1) is 15.1 Å². The number of amides is 1. The molecule has 0 fully saturated rings. The van der Waals surface area contributed by atoms with Crippen molar-refractivity contribution in [2.45, 2.75) is 26.7 Å². The normalized spacial score (nSPS) is 11.2. The first-order chi connectivity index (χ1) is 12.6.